The number of hydrogen-bond donors (Lipinski definition) is 2. The van der Waals surface area contributed by atoms with E-state index in [4.69, 9.17) is 4.74 Å². The van der Waals surface area contributed by atoms with Gasteiger partial charge in [0, 0.05) is 39.1 Å². The topological polar surface area (TPSA) is 63.5 Å². The molecule has 1 atom stereocenters. The number of aliphatic imine (C=N–C) groups is 1. The molecule has 0 fully saturated rings. The van der Waals surface area contributed by atoms with Gasteiger partial charge in [0.05, 0.1) is 13.2 Å². The first-order chi connectivity index (χ1) is 12.3. The number of aryl methyl sites for hydroxylation is 1. The monoisotopic (exact) mass is 343 g/mol. The molecule has 0 saturated heterocycles. The average Bonchev–Trinajstić information content (AvgIpc) is 3.15. The fourth-order valence-electron chi connectivity index (χ4n) is 2.38. The van der Waals surface area contributed by atoms with Crippen LogP contribution in [0.4, 0.5) is 0 Å². The Bertz CT molecular complexity index is 598. The van der Waals surface area contributed by atoms with Gasteiger partial charge in [-0.25, -0.2) is 0 Å². The van der Waals surface area contributed by atoms with Gasteiger partial charge in [0.15, 0.2) is 5.96 Å². The second-order valence-corrected chi connectivity index (χ2v) is 6.11. The number of hydrogen-bond acceptors (Lipinski definition) is 3. The summed E-state index contributed by atoms with van der Waals surface area (Å²) in [5, 5.41) is 10.9. The highest BCUT2D eigenvalue weighted by atomic mass is 16.5. The summed E-state index contributed by atoms with van der Waals surface area (Å²) in [5.41, 5.74) is 1.21. The lowest BCUT2D eigenvalue weighted by molar-refractivity contribution is 0.0931. The summed E-state index contributed by atoms with van der Waals surface area (Å²) in [4.78, 5) is 4.25. The number of nitrogens with one attached hydrogen (secondary N) is 2. The summed E-state index contributed by atoms with van der Waals surface area (Å²) in [6.45, 7) is 6.14. The average molecular weight is 343 g/mol. The molecule has 0 aliphatic rings. The number of benzene rings is 1. The third-order valence-electron chi connectivity index (χ3n) is 3.77. The molecule has 0 bridgehead atoms. The predicted octanol–water partition coefficient (Wildman–Crippen LogP) is 2.29. The third-order valence-corrected chi connectivity index (χ3v) is 3.77. The van der Waals surface area contributed by atoms with Gasteiger partial charge in [0.25, 0.3) is 0 Å². The van der Waals surface area contributed by atoms with Crippen LogP contribution in [0.15, 0.2) is 53.8 Å². The van der Waals surface area contributed by atoms with Gasteiger partial charge in [0.1, 0.15) is 0 Å². The summed E-state index contributed by atoms with van der Waals surface area (Å²) >= 11 is 0. The van der Waals surface area contributed by atoms with E-state index in [1.54, 1.807) is 13.2 Å². The Balaban J connectivity index is 1.54. The van der Waals surface area contributed by atoms with Crippen LogP contribution in [0.25, 0.3) is 0 Å². The van der Waals surface area contributed by atoms with Crippen molar-refractivity contribution in [1.29, 1.82) is 0 Å². The van der Waals surface area contributed by atoms with Gasteiger partial charge in [-0.05, 0) is 24.0 Å². The Morgan fingerprint density at radius 3 is 2.80 bits per heavy atom. The van der Waals surface area contributed by atoms with E-state index >= 15 is 0 Å². The molecule has 6 nitrogen and oxygen atoms in total. The minimum absolute atomic E-state index is 0.409. The van der Waals surface area contributed by atoms with Gasteiger partial charge in [-0.2, -0.15) is 5.10 Å². The van der Waals surface area contributed by atoms with E-state index in [0.29, 0.717) is 12.5 Å². The van der Waals surface area contributed by atoms with Crippen molar-refractivity contribution in [2.24, 2.45) is 10.9 Å². The maximum Gasteiger partial charge on any atom is 0.190 e. The summed E-state index contributed by atoms with van der Waals surface area (Å²) in [6.07, 6.45) is 4.78. The number of guanidine groups is 1. The Hall–Kier alpha value is -2.34. The minimum Gasteiger partial charge on any atom is -0.376 e. The molecular weight excluding hydrogens is 314 g/mol. The van der Waals surface area contributed by atoms with Crippen LogP contribution < -0.4 is 10.6 Å². The standard InChI is InChI=1S/C19H29N5O/c1-17(15-25-16-18-8-4-3-5-9-18)14-22-19(20-2)21-10-6-12-24-13-7-11-23-24/h3-5,7-9,11,13,17H,6,10,12,14-16H2,1-2H3,(H2,20,21,22). The molecule has 0 radical (unpaired) electrons. The SMILES string of the molecule is CN=C(NCCCn1cccn1)NCC(C)COCc1ccccc1. The molecule has 0 aliphatic carbocycles. The fraction of sp³-hybridized carbons (Fsp3) is 0.474. The molecule has 1 aromatic carbocycles. The van der Waals surface area contributed by atoms with Gasteiger partial charge in [-0.1, -0.05) is 37.3 Å². The normalized spacial score (nSPS) is 12.8. The third kappa shape index (κ3) is 7.85. The summed E-state index contributed by atoms with van der Waals surface area (Å²) < 4.78 is 7.71. The summed E-state index contributed by atoms with van der Waals surface area (Å²) in [7, 11) is 1.79. The van der Waals surface area contributed by atoms with E-state index in [0.717, 1.165) is 38.6 Å². The fourth-order valence-corrected chi connectivity index (χ4v) is 2.38. The van der Waals surface area contributed by atoms with Crippen molar-refractivity contribution < 1.29 is 4.74 Å². The molecule has 2 aromatic rings. The number of aromatic nitrogens is 2. The predicted molar refractivity (Wildman–Crippen MR) is 101 cm³/mol. The Morgan fingerprint density at radius 2 is 2.08 bits per heavy atom. The van der Waals surface area contributed by atoms with Crippen molar-refractivity contribution in [2.45, 2.75) is 26.5 Å². The lowest BCUT2D eigenvalue weighted by Gasteiger charge is -2.16. The van der Waals surface area contributed by atoms with Gasteiger partial charge in [-0.15, -0.1) is 0 Å². The van der Waals surface area contributed by atoms with Crippen LogP contribution in [0.1, 0.15) is 18.9 Å². The molecule has 2 N–H and O–H groups in total. The van der Waals surface area contributed by atoms with E-state index in [1.165, 1.54) is 5.56 Å². The number of nitrogens with zero attached hydrogens (tertiary/aromatic N) is 3. The zero-order valence-electron chi connectivity index (χ0n) is 15.2. The molecule has 0 spiro atoms. The van der Waals surface area contributed by atoms with Crippen LogP contribution in [0.2, 0.25) is 0 Å². The zero-order chi connectivity index (χ0) is 17.7. The van der Waals surface area contributed by atoms with Gasteiger partial charge in [-0.3, -0.25) is 9.67 Å². The molecule has 0 saturated carbocycles. The van der Waals surface area contributed by atoms with Crippen molar-refractivity contribution in [2.75, 3.05) is 26.7 Å². The molecular formula is C19H29N5O. The molecule has 1 heterocycles. The molecule has 0 aliphatic heterocycles. The minimum atomic E-state index is 0.409. The van der Waals surface area contributed by atoms with Crippen LogP contribution in [0.3, 0.4) is 0 Å². The maximum atomic E-state index is 5.78. The van der Waals surface area contributed by atoms with E-state index in [-0.39, 0.29) is 0 Å². The van der Waals surface area contributed by atoms with Crippen molar-refractivity contribution in [3.63, 3.8) is 0 Å². The first-order valence-electron chi connectivity index (χ1n) is 8.81. The molecule has 1 unspecified atom stereocenters. The highest BCUT2D eigenvalue weighted by Crippen LogP contribution is 2.02. The number of rotatable bonds is 10. The van der Waals surface area contributed by atoms with Crippen LogP contribution >= 0.6 is 0 Å². The molecule has 1 aromatic heterocycles. The van der Waals surface area contributed by atoms with Crippen LogP contribution in [0.5, 0.6) is 0 Å². The first kappa shape index (κ1) is 19.0. The van der Waals surface area contributed by atoms with Crippen LogP contribution in [0, 0.1) is 5.92 Å². The van der Waals surface area contributed by atoms with Gasteiger partial charge < -0.3 is 15.4 Å². The Labute approximate surface area is 150 Å². The zero-order valence-corrected chi connectivity index (χ0v) is 15.2. The van der Waals surface area contributed by atoms with Crippen molar-refractivity contribution >= 4 is 5.96 Å². The molecule has 6 heteroatoms. The van der Waals surface area contributed by atoms with Crippen molar-refractivity contribution in [1.82, 2.24) is 20.4 Å². The maximum absolute atomic E-state index is 5.78. The lowest BCUT2D eigenvalue weighted by Crippen LogP contribution is -2.40. The highest BCUT2D eigenvalue weighted by Gasteiger charge is 2.04. The molecule has 136 valence electrons. The summed E-state index contributed by atoms with van der Waals surface area (Å²) in [6, 6.07) is 12.2. The van der Waals surface area contributed by atoms with E-state index in [2.05, 4.69) is 39.8 Å². The quantitative estimate of drug-likeness (QED) is 0.395. The first-order valence-corrected chi connectivity index (χ1v) is 8.81. The van der Waals surface area contributed by atoms with E-state index in [1.807, 2.05) is 35.1 Å². The highest BCUT2D eigenvalue weighted by molar-refractivity contribution is 5.79. The Kier molecular flexibility index (Phi) is 8.55. The molecule has 2 rings (SSSR count). The second kappa shape index (κ2) is 11.3. The van der Waals surface area contributed by atoms with E-state index < -0.39 is 0 Å². The smallest absolute Gasteiger partial charge is 0.190 e. The van der Waals surface area contributed by atoms with Crippen LogP contribution in [-0.4, -0.2) is 42.5 Å². The van der Waals surface area contributed by atoms with Gasteiger partial charge in [0.2, 0.25) is 0 Å². The Morgan fingerprint density at radius 1 is 1.24 bits per heavy atom. The van der Waals surface area contributed by atoms with E-state index in [9.17, 15) is 0 Å². The summed E-state index contributed by atoms with van der Waals surface area (Å²) in [5.74, 6) is 1.24. The molecule has 0 amide bonds. The number of ether oxygens (including phenoxy) is 1. The second-order valence-electron chi connectivity index (χ2n) is 6.11. The van der Waals surface area contributed by atoms with Crippen molar-refractivity contribution in [3.05, 3.63) is 54.4 Å². The van der Waals surface area contributed by atoms with Crippen molar-refractivity contribution in [3.8, 4) is 0 Å². The largest absolute Gasteiger partial charge is 0.376 e. The lowest BCUT2D eigenvalue weighted by atomic mass is 10.2. The van der Waals surface area contributed by atoms with Crippen LogP contribution in [-0.2, 0) is 17.9 Å². The van der Waals surface area contributed by atoms with Gasteiger partial charge >= 0.3 is 0 Å². The molecule has 25 heavy (non-hydrogen) atoms.